The Morgan fingerprint density at radius 2 is 1.89 bits per heavy atom. The number of aromatic nitrogens is 1. The smallest absolute Gasteiger partial charge is 0.267 e. The van der Waals surface area contributed by atoms with Crippen molar-refractivity contribution in [1.82, 2.24) is 4.98 Å². The van der Waals surface area contributed by atoms with E-state index in [1.54, 1.807) is 19.2 Å². The number of aliphatic hydroxyl groups excluding tert-OH is 1. The molecule has 0 aliphatic carbocycles. The van der Waals surface area contributed by atoms with Crippen LogP contribution in [0.25, 0.3) is 21.0 Å². The first-order valence-corrected chi connectivity index (χ1v) is 11.7. The number of benzene rings is 2. The van der Waals surface area contributed by atoms with Gasteiger partial charge in [0.2, 0.25) is 0 Å². The van der Waals surface area contributed by atoms with Crippen molar-refractivity contribution in [3.63, 3.8) is 0 Å². The van der Waals surface area contributed by atoms with Crippen LogP contribution in [0, 0.1) is 6.92 Å². The van der Waals surface area contributed by atoms with Crippen molar-refractivity contribution >= 4 is 62.2 Å². The Hall–Kier alpha value is -2.88. The zero-order valence-electron chi connectivity index (χ0n) is 19.7. The standard InChI is InChI=1S/C26H26N2O5S.ClH/c1-15-23-18(13-32-3)7-8-19(16(2)30)25(23)34-24(15)26(31)28-22-10-9-20-17(14-33-12-11-29)5-4-6-21(20)27-22;/h4-10,29H,11-14H2,1-3H3,(H,27,28,31);1H. The molecule has 0 atom stereocenters. The number of anilines is 1. The molecule has 184 valence electrons. The van der Waals surface area contributed by atoms with Crippen LogP contribution in [0.5, 0.6) is 0 Å². The maximum absolute atomic E-state index is 13.2. The Labute approximate surface area is 213 Å². The number of Topliss-reactive ketones (excluding diaryl/α,β-unsaturated/α-hetero) is 1. The molecule has 0 bridgehead atoms. The number of ether oxygens (including phenoxy) is 2. The molecule has 0 aliphatic heterocycles. The first kappa shape index (κ1) is 26.7. The minimum atomic E-state index is -0.272. The van der Waals surface area contributed by atoms with Crippen LogP contribution in [-0.2, 0) is 22.7 Å². The molecule has 4 rings (SSSR count). The monoisotopic (exact) mass is 514 g/mol. The van der Waals surface area contributed by atoms with Crippen LogP contribution in [0.1, 0.15) is 43.6 Å². The fourth-order valence-electron chi connectivity index (χ4n) is 4.04. The van der Waals surface area contributed by atoms with Gasteiger partial charge in [-0.25, -0.2) is 4.98 Å². The molecule has 2 N–H and O–H groups in total. The highest BCUT2D eigenvalue weighted by Crippen LogP contribution is 2.37. The Morgan fingerprint density at radius 3 is 2.60 bits per heavy atom. The summed E-state index contributed by atoms with van der Waals surface area (Å²) < 4.78 is 11.6. The average Bonchev–Trinajstić information content (AvgIpc) is 3.17. The van der Waals surface area contributed by atoms with E-state index in [0.29, 0.717) is 29.5 Å². The summed E-state index contributed by atoms with van der Waals surface area (Å²) in [6, 6.07) is 13.1. The SMILES string of the molecule is COCc1ccc(C(C)=O)c2sc(C(=O)Nc3ccc4c(COCCO)cccc4n3)c(C)c12.Cl. The number of ketones is 1. The molecule has 2 aromatic carbocycles. The van der Waals surface area contributed by atoms with Crippen molar-refractivity contribution in [2.45, 2.75) is 27.1 Å². The zero-order chi connectivity index (χ0) is 24.2. The lowest BCUT2D eigenvalue weighted by atomic mass is 10.0. The summed E-state index contributed by atoms with van der Waals surface area (Å²) in [7, 11) is 1.62. The number of methoxy groups -OCH3 is 1. The minimum Gasteiger partial charge on any atom is -0.394 e. The summed E-state index contributed by atoms with van der Waals surface area (Å²) in [5.41, 5.74) is 4.05. The largest absolute Gasteiger partial charge is 0.394 e. The predicted molar refractivity (Wildman–Crippen MR) is 141 cm³/mol. The molecule has 0 spiro atoms. The van der Waals surface area contributed by atoms with E-state index in [-0.39, 0.29) is 37.3 Å². The number of carbonyl (C=O) groups is 2. The Kier molecular flexibility index (Phi) is 8.93. The van der Waals surface area contributed by atoms with Gasteiger partial charge in [0.15, 0.2) is 5.78 Å². The summed E-state index contributed by atoms with van der Waals surface area (Å²) >= 11 is 1.31. The highest BCUT2D eigenvalue weighted by molar-refractivity contribution is 7.21. The highest BCUT2D eigenvalue weighted by Gasteiger charge is 2.21. The Morgan fingerprint density at radius 1 is 1.09 bits per heavy atom. The summed E-state index contributed by atoms with van der Waals surface area (Å²) in [6.45, 7) is 4.42. The number of nitrogens with zero attached hydrogens (tertiary/aromatic N) is 1. The molecule has 0 saturated heterocycles. The predicted octanol–water partition coefficient (Wildman–Crippen LogP) is 5.29. The van der Waals surface area contributed by atoms with Crippen LogP contribution in [0.15, 0.2) is 42.5 Å². The second kappa shape index (κ2) is 11.7. The van der Waals surface area contributed by atoms with Crippen LogP contribution < -0.4 is 5.32 Å². The van der Waals surface area contributed by atoms with Crippen LogP contribution in [0.2, 0.25) is 0 Å². The van der Waals surface area contributed by atoms with E-state index < -0.39 is 0 Å². The molecule has 4 aromatic rings. The zero-order valence-corrected chi connectivity index (χ0v) is 21.3. The van der Waals surface area contributed by atoms with Gasteiger partial charge in [0.05, 0.1) is 36.8 Å². The molecule has 35 heavy (non-hydrogen) atoms. The number of nitrogens with one attached hydrogen (secondary N) is 1. The molecule has 0 unspecified atom stereocenters. The summed E-state index contributed by atoms with van der Waals surface area (Å²) in [6.07, 6.45) is 0. The summed E-state index contributed by atoms with van der Waals surface area (Å²) in [5.74, 6) is 0.120. The number of thiophene rings is 1. The van der Waals surface area contributed by atoms with Crippen LogP contribution >= 0.6 is 23.7 Å². The number of amides is 1. The second-order valence-corrected chi connectivity index (χ2v) is 8.95. The number of aryl methyl sites for hydroxylation is 1. The third-order valence-corrected chi connectivity index (χ3v) is 6.93. The molecule has 2 aromatic heterocycles. The molecular formula is C26H27ClN2O5S. The van der Waals surface area contributed by atoms with E-state index in [4.69, 9.17) is 14.6 Å². The van der Waals surface area contributed by atoms with Crippen LogP contribution in [0.4, 0.5) is 5.82 Å². The molecular weight excluding hydrogens is 488 g/mol. The maximum Gasteiger partial charge on any atom is 0.267 e. The molecule has 0 radical (unpaired) electrons. The van der Waals surface area contributed by atoms with Gasteiger partial charge in [-0.1, -0.05) is 18.2 Å². The molecule has 9 heteroatoms. The number of rotatable bonds is 9. The van der Waals surface area contributed by atoms with E-state index in [1.807, 2.05) is 37.3 Å². The van der Waals surface area contributed by atoms with Gasteiger partial charge in [-0.05, 0) is 54.8 Å². The lowest BCUT2D eigenvalue weighted by Gasteiger charge is -2.09. The van der Waals surface area contributed by atoms with Crippen molar-refractivity contribution in [3.8, 4) is 0 Å². The van der Waals surface area contributed by atoms with Crippen LogP contribution in [-0.4, -0.2) is 42.1 Å². The second-order valence-electron chi connectivity index (χ2n) is 7.93. The average molecular weight is 515 g/mol. The van der Waals surface area contributed by atoms with Gasteiger partial charge in [-0.2, -0.15) is 0 Å². The third-order valence-electron chi connectivity index (χ3n) is 5.61. The number of halogens is 1. The number of hydrogen-bond acceptors (Lipinski definition) is 7. The van der Waals surface area contributed by atoms with Crippen molar-refractivity contribution < 1.29 is 24.2 Å². The quantitative estimate of drug-likeness (QED) is 0.233. The van der Waals surface area contributed by atoms with Gasteiger partial charge in [-0.3, -0.25) is 9.59 Å². The van der Waals surface area contributed by atoms with E-state index in [0.717, 1.165) is 37.7 Å². The van der Waals surface area contributed by atoms with Crippen molar-refractivity contribution in [3.05, 3.63) is 69.6 Å². The van der Waals surface area contributed by atoms with Crippen LogP contribution in [0.3, 0.4) is 0 Å². The number of hydrogen-bond donors (Lipinski definition) is 2. The number of aliphatic hydroxyl groups is 1. The van der Waals surface area contributed by atoms with E-state index in [1.165, 1.54) is 18.3 Å². The van der Waals surface area contributed by atoms with Gasteiger partial charge in [0.1, 0.15) is 5.82 Å². The number of fused-ring (bicyclic) bond motifs is 2. The fourth-order valence-corrected chi connectivity index (χ4v) is 5.35. The third kappa shape index (κ3) is 5.52. The maximum atomic E-state index is 13.2. The van der Waals surface area contributed by atoms with Gasteiger partial charge in [0.25, 0.3) is 5.91 Å². The van der Waals surface area contributed by atoms with E-state index in [2.05, 4.69) is 10.3 Å². The summed E-state index contributed by atoms with van der Waals surface area (Å²) in [4.78, 5) is 30.6. The summed E-state index contributed by atoms with van der Waals surface area (Å²) in [5, 5.41) is 13.6. The first-order chi connectivity index (χ1) is 16.4. The number of pyridine rings is 1. The van der Waals surface area contributed by atoms with Gasteiger partial charge in [0, 0.05) is 28.1 Å². The van der Waals surface area contributed by atoms with E-state index >= 15 is 0 Å². The Balaban J connectivity index is 0.00000342. The van der Waals surface area contributed by atoms with Gasteiger partial charge < -0.3 is 19.9 Å². The molecule has 1 amide bonds. The normalized spacial score (nSPS) is 11.0. The Bertz CT molecular complexity index is 1390. The van der Waals surface area contributed by atoms with Crippen molar-refractivity contribution in [1.29, 1.82) is 0 Å². The van der Waals surface area contributed by atoms with Crippen molar-refractivity contribution in [2.75, 3.05) is 25.6 Å². The lowest BCUT2D eigenvalue weighted by Crippen LogP contribution is -2.12. The van der Waals surface area contributed by atoms with Gasteiger partial charge in [-0.15, -0.1) is 23.7 Å². The topological polar surface area (TPSA) is 97.8 Å². The fraction of sp³-hybridized carbons (Fsp3) is 0.269. The molecule has 0 saturated carbocycles. The molecule has 0 fully saturated rings. The lowest BCUT2D eigenvalue weighted by molar-refractivity contribution is 0.0821. The molecule has 0 aliphatic rings. The van der Waals surface area contributed by atoms with E-state index in [9.17, 15) is 9.59 Å². The minimum absolute atomic E-state index is 0. The molecule has 7 nitrogen and oxygen atoms in total. The highest BCUT2D eigenvalue weighted by atomic mass is 35.5. The van der Waals surface area contributed by atoms with Gasteiger partial charge >= 0.3 is 0 Å². The van der Waals surface area contributed by atoms with Crippen molar-refractivity contribution in [2.24, 2.45) is 0 Å². The first-order valence-electron chi connectivity index (χ1n) is 10.9. The molecule has 2 heterocycles. The number of carbonyl (C=O) groups excluding carboxylic acids is 2.